The van der Waals surface area contributed by atoms with Gasteiger partial charge in [0.2, 0.25) is 0 Å². The fourth-order valence-electron chi connectivity index (χ4n) is 5.17. The highest BCUT2D eigenvalue weighted by Gasteiger charge is 2.36. The van der Waals surface area contributed by atoms with Crippen molar-refractivity contribution in [2.45, 2.75) is 43.9 Å². The Morgan fingerprint density at radius 2 is 1.62 bits per heavy atom. The molecule has 1 aliphatic heterocycles. The van der Waals surface area contributed by atoms with Crippen molar-refractivity contribution in [3.05, 3.63) is 89.5 Å². The first-order chi connectivity index (χ1) is 15.7. The molecule has 3 aromatic rings. The van der Waals surface area contributed by atoms with E-state index >= 15 is 0 Å². The maximum Gasteiger partial charge on any atom is 0.139 e. The van der Waals surface area contributed by atoms with E-state index in [4.69, 9.17) is 15.7 Å². The van der Waals surface area contributed by atoms with E-state index in [1.54, 1.807) is 0 Å². The number of hydrogen-bond donors (Lipinski definition) is 1. The molecule has 2 aliphatic rings. The number of fused-ring (bicyclic) bond motifs is 1. The molecular formula is C28H29N3O. The van der Waals surface area contributed by atoms with Crippen LogP contribution in [0.25, 0.3) is 11.1 Å². The van der Waals surface area contributed by atoms with Gasteiger partial charge < -0.3 is 10.5 Å². The second-order valence-electron chi connectivity index (χ2n) is 8.95. The smallest absolute Gasteiger partial charge is 0.139 e. The summed E-state index contributed by atoms with van der Waals surface area (Å²) in [7, 11) is 0. The quantitative estimate of drug-likeness (QED) is 0.635. The summed E-state index contributed by atoms with van der Waals surface area (Å²) in [5, 5.41) is 9.01. The molecule has 3 aromatic carbocycles. The lowest BCUT2D eigenvalue weighted by Gasteiger charge is -2.43. The highest BCUT2D eigenvalue weighted by Crippen LogP contribution is 2.38. The molecule has 4 nitrogen and oxygen atoms in total. The standard InChI is InChI=1S/C28H29N3O/c29-18-20-7-9-21(10-8-20)22-11-14-25(15-12-22)32-28-26-6-2-1-4-23(26)13-16-27(28)31-17-3-5-24(30)19-31/h1-2,4,6-12,14-15,24,27-28H,3,5,13,16-17,19,30H2/t24-,27+,28+/m1/s1. The van der Waals surface area contributed by atoms with Crippen molar-refractivity contribution in [2.75, 3.05) is 13.1 Å². The lowest BCUT2D eigenvalue weighted by atomic mass is 9.84. The van der Waals surface area contributed by atoms with Crippen LogP contribution in [0.5, 0.6) is 5.75 Å². The molecule has 1 saturated heterocycles. The number of nitriles is 1. The molecule has 162 valence electrons. The third-order valence-corrected chi connectivity index (χ3v) is 6.84. The molecule has 1 heterocycles. The van der Waals surface area contributed by atoms with E-state index in [0.717, 1.165) is 55.6 Å². The second-order valence-corrected chi connectivity index (χ2v) is 8.95. The van der Waals surface area contributed by atoms with Crippen molar-refractivity contribution >= 4 is 0 Å². The average Bonchev–Trinajstić information content (AvgIpc) is 2.85. The first kappa shape index (κ1) is 20.8. The van der Waals surface area contributed by atoms with Gasteiger partial charge >= 0.3 is 0 Å². The largest absolute Gasteiger partial charge is 0.484 e. The molecule has 3 atom stereocenters. The van der Waals surface area contributed by atoms with E-state index < -0.39 is 0 Å². The van der Waals surface area contributed by atoms with Gasteiger partial charge in [-0.05, 0) is 78.7 Å². The first-order valence-electron chi connectivity index (χ1n) is 11.6. The number of ether oxygens (including phenoxy) is 1. The Labute approximate surface area is 190 Å². The summed E-state index contributed by atoms with van der Waals surface area (Å²) >= 11 is 0. The fraction of sp³-hybridized carbons (Fsp3) is 0.321. The molecule has 1 fully saturated rings. The van der Waals surface area contributed by atoms with Crippen LogP contribution in [0.4, 0.5) is 0 Å². The molecule has 0 spiro atoms. The number of rotatable bonds is 4. The minimum Gasteiger partial charge on any atom is -0.484 e. The zero-order valence-electron chi connectivity index (χ0n) is 18.3. The lowest BCUT2D eigenvalue weighted by molar-refractivity contribution is 0.0367. The number of nitrogens with zero attached hydrogens (tertiary/aromatic N) is 2. The topological polar surface area (TPSA) is 62.3 Å². The van der Waals surface area contributed by atoms with Crippen molar-refractivity contribution < 1.29 is 4.74 Å². The van der Waals surface area contributed by atoms with Crippen molar-refractivity contribution in [1.82, 2.24) is 4.90 Å². The summed E-state index contributed by atoms with van der Waals surface area (Å²) in [6.07, 6.45) is 4.46. The van der Waals surface area contributed by atoms with Crippen LogP contribution in [-0.2, 0) is 6.42 Å². The van der Waals surface area contributed by atoms with E-state index in [1.165, 1.54) is 11.1 Å². The van der Waals surface area contributed by atoms with Crippen LogP contribution in [0, 0.1) is 11.3 Å². The van der Waals surface area contributed by atoms with Crippen molar-refractivity contribution in [3.63, 3.8) is 0 Å². The molecule has 0 amide bonds. The minimum atomic E-state index is 0.00557. The monoisotopic (exact) mass is 423 g/mol. The van der Waals surface area contributed by atoms with Gasteiger partial charge in [0.05, 0.1) is 17.7 Å². The van der Waals surface area contributed by atoms with E-state index in [9.17, 15) is 0 Å². The normalized spacial score (nSPS) is 23.2. The third-order valence-electron chi connectivity index (χ3n) is 6.84. The van der Waals surface area contributed by atoms with Crippen LogP contribution in [0.1, 0.15) is 42.1 Å². The number of benzene rings is 3. The third kappa shape index (κ3) is 4.27. The van der Waals surface area contributed by atoms with Crippen LogP contribution >= 0.6 is 0 Å². The minimum absolute atomic E-state index is 0.00557. The molecule has 0 radical (unpaired) electrons. The molecule has 0 bridgehead atoms. The second kappa shape index (κ2) is 9.16. The summed E-state index contributed by atoms with van der Waals surface area (Å²) in [5.74, 6) is 0.885. The Bertz CT molecular complexity index is 1100. The maximum absolute atomic E-state index is 9.01. The molecule has 1 aliphatic carbocycles. The molecular weight excluding hydrogens is 394 g/mol. The van der Waals surface area contributed by atoms with Gasteiger partial charge in [-0.15, -0.1) is 0 Å². The van der Waals surface area contributed by atoms with Gasteiger partial charge in [0.15, 0.2) is 0 Å². The van der Waals surface area contributed by atoms with E-state index in [2.05, 4.69) is 59.5 Å². The molecule has 4 heteroatoms. The zero-order valence-corrected chi connectivity index (χ0v) is 18.3. The highest BCUT2D eigenvalue weighted by molar-refractivity contribution is 5.65. The van der Waals surface area contributed by atoms with Crippen LogP contribution in [-0.4, -0.2) is 30.1 Å². The van der Waals surface area contributed by atoms with Crippen LogP contribution in [0.2, 0.25) is 0 Å². The molecule has 5 rings (SSSR count). The molecule has 0 saturated carbocycles. The van der Waals surface area contributed by atoms with E-state index in [1.807, 2.05) is 24.3 Å². The number of piperidine rings is 1. The molecule has 32 heavy (non-hydrogen) atoms. The van der Waals surface area contributed by atoms with Gasteiger partial charge in [-0.3, -0.25) is 4.90 Å². The highest BCUT2D eigenvalue weighted by atomic mass is 16.5. The number of nitrogens with two attached hydrogens (primary N) is 1. The summed E-state index contributed by atoms with van der Waals surface area (Å²) in [5.41, 5.74) is 11.9. The lowest BCUT2D eigenvalue weighted by Crippen LogP contribution is -2.51. The summed E-state index contributed by atoms with van der Waals surface area (Å²) < 4.78 is 6.68. The number of hydrogen-bond acceptors (Lipinski definition) is 4. The van der Waals surface area contributed by atoms with Gasteiger partial charge in [0, 0.05) is 12.6 Å². The maximum atomic E-state index is 9.01. The summed E-state index contributed by atoms with van der Waals surface area (Å²) in [6, 6.07) is 27.5. The Morgan fingerprint density at radius 1 is 0.906 bits per heavy atom. The molecule has 2 N–H and O–H groups in total. The first-order valence-corrected chi connectivity index (χ1v) is 11.6. The average molecular weight is 424 g/mol. The van der Waals surface area contributed by atoms with Crippen LogP contribution in [0.15, 0.2) is 72.8 Å². The summed E-state index contributed by atoms with van der Waals surface area (Å²) in [4.78, 5) is 2.56. The zero-order chi connectivity index (χ0) is 21.9. The van der Waals surface area contributed by atoms with Gasteiger partial charge in [0.25, 0.3) is 0 Å². The predicted molar refractivity (Wildman–Crippen MR) is 127 cm³/mol. The van der Waals surface area contributed by atoms with Crippen molar-refractivity contribution in [1.29, 1.82) is 5.26 Å². The Balaban J connectivity index is 1.40. The van der Waals surface area contributed by atoms with Crippen molar-refractivity contribution in [3.8, 4) is 22.9 Å². The molecule has 0 aromatic heterocycles. The van der Waals surface area contributed by atoms with E-state index in [-0.39, 0.29) is 12.1 Å². The fourth-order valence-corrected chi connectivity index (χ4v) is 5.17. The van der Waals surface area contributed by atoms with Crippen molar-refractivity contribution in [2.24, 2.45) is 5.73 Å². The summed E-state index contributed by atoms with van der Waals surface area (Å²) in [6.45, 7) is 2.04. The van der Waals surface area contributed by atoms with Crippen LogP contribution in [0.3, 0.4) is 0 Å². The predicted octanol–water partition coefficient (Wildman–Crippen LogP) is 5.08. The Hall–Kier alpha value is -3.13. The van der Waals surface area contributed by atoms with Gasteiger partial charge in [0.1, 0.15) is 11.9 Å². The Morgan fingerprint density at radius 3 is 2.34 bits per heavy atom. The Kier molecular flexibility index (Phi) is 5.94. The van der Waals surface area contributed by atoms with E-state index in [0.29, 0.717) is 11.6 Å². The van der Waals surface area contributed by atoms with Gasteiger partial charge in [-0.1, -0.05) is 48.5 Å². The molecule has 0 unspecified atom stereocenters. The van der Waals surface area contributed by atoms with Gasteiger partial charge in [-0.25, -0.2) is 0 Å². The number of likely N-dealkylation sites (tertiary alicyclic amines) is 1. The van der Waals surface area contributed by atoms with Gasteiger partial charge in [-0.2, -0.15) is 5.26 Å². The van der Waals surface area contributed by atoms with Crippen LogP contribution < -0.4 is 10.5 Å². The SMILES string of the molecule is N#Cc1ccc(-c2ccc(O[C@H]3c4ccccc4CC[C@@H]3N3CCC[C@@H](N)C3)cc2)cc1. The number of aryl methyl sites for hydroxylation is 1.